The highest BCUT2D eigenvalue weighted by Gasteiger charge is 2.23. The molecule has 10 heteroatoms. The van der Waals surface area contributed by atoms with Crippen molar-refractivity contribution in [2.45, 2.75) is 18.7 Å². The third kappa shape index (κ3) is 5.65. The van der Waals surface area contributed by atoms with Crippen molar-refractivity contribution in [1.82, 2.24) is 4.72 Å². The molecule has 1 aromatic carbocycles. The lowest BCUT2D eigenvalue weighted by atomic mass is 10.2. The third-order valence-electron chi connectivity index (χ3n) is 2.56. The highest BCUT2D eigenvalue weighted by molar-refractivity contribution is 7.89. The zero-order valence-corrected chi connectivity index (χ0v) is 14.8. The summed E-state index contributed by atoms with van der Waals surface area (Å²) < 4.78 is 31.5. The average Bonchev–Trinajstić information content (AvgIpc) is 2.42. The van der Waals surface area contributed by atoms with Gasteiger partial charge in [0.25, 0.3) is 5.91 Å². The maximum Gasteiger partial charge on any atom is 0.340 e. The van der Waals surface area contributed by atoms with E-state index in [-0.39, 0.29) is 33.0 Å². The molecule has 0 aliphatic carbocycles. The Morgan fingerprint density at radius 2 is 1.87 bits per heavy atom. The lowest BCUT2D eigenvalue weighted by Crippen LogP contribution is -2.28. The van der Waals surface area contributed by atoms with E-state index < -0.39 is 28.5 Å². The first kappa shape index (κ1) is 19.7. The number of esters is 1. The number of primary amides is 1. The SMILES string of the molecule is CC(C)CNS(=O)(=O)c1cc(C(=O)OCC(N)=O)c(Cl)cc1Cl. The topological polar surface area (TPSA) is 116 Å². The highest BCUT2D eigenvalue weighted by atomic mass is 35.5. The van der Waals surface area contributed by atoms with Crippen LogP contribution < -0.4 is 10.5 Å². The summed E-state index contributed by atoms with van der Waals surface area (Å²) in [5.74, 6) is -1.75. The molecule has 0 unspecified atom stereocenters. The Bertz CT molecular complexity index is 719. The molecule has 1 amide bonds. The van der Waals surface area contributed by atoms with Crippen molar-refractivity contribution >= 4 is 45.1 Å². The largest absolute Gasteiger partial charge is 0.452 e. The Morgan fingerprint density at radius 3 is 2.39 bits per heavy atom. The molecule has 23 heavy (non-hydrogen) atoms. The van der Waals surface area contributed by atoms with E-state index in [2.05, 4.69) is 9.46 Å². The number of halogens is 2. The van der Waals surface area contributed by atoms with Gasteiger partial charge in [-0.2, -0.15) is 0 Å². The van der Waals surface area contributed by atoms with Gasteiger partial charge in [0.05, 0.1) is 15.6 Å². The molecule has 128 valence electrons. The number of benzene rings is 1. The molecular formula is C13H16Cl2N2O5S. The lowest BCUT2D eigenvalue weighted by Gasteiger charge is -2.12. The average molecular weight is 383 g/mol. The zero-order chi connectivity index (χ0) is 17.8. The van der Waals surface area contributed by atoms with Crippen LogP contribution in [0.25, 0.3) is 0 Å². The second-order valence-electron chi connectivity index (χ2n) is 5.05. The van der Waals surface area contributed by atoms with E-state index in [9.17, 15) is 18.0 Å². The van der Waals surface area contributed by atoms with Crippen LogP contribution in [0.15, 0.2) is 17.0 Å². The molecule has 1 rings (SSSR count). The van der Waals surface area contributed by atoms with Crippen molar-refractivity contribution in [3.63, 3.8) is 0 Å². The van der Waals surface area contributed by atoms with Crippen molar-refractivity contribution in [3.8, 4) is 0 Å². The number of hydrogen-bond acceptors (Lipinski definition) is 5. The van der Waals surface area contributed by atoms with Gasteiger partial charge in [0.15, 0.2) is 6.61 Å². The maximum atomic E-state index is 12.2. The van der Waals surface area contributed by atoms with Crippen LogP contribution in [0.3, 0.4) is 0 Å². The summed E-state index contributed by atoms with van der Waals surface area (Å²) in [5.41, 5.74) is 4.64. The molecule has 0 aliphatic rings. The van der Waals surface area contributed by atoms with Crippen LogP contribution >= 0.6 is 23.2 Å². The van der Waals surface area contributed by atoms with Gasteiger partial charge < -0.3 is 10.5 Å². The fourth-order valence-electron chi connectivity index (χ4n) is 1.46. The smallest absolute Gasteiger partial charge is 0.340 e. The minimum Gasteiger partial charge on any atom is -0.452 e. The molecule has 0 saturated carbocycles. The summed E-state index contributed by atoms with van der Waals surface area (Å²) in [6.07, 6.45) is 0. The van der Waals surface area contributed by atoms with Crippen molar-refractivity contribution < 1.29 is 22.7 Å². The molecule has 0 aliphatic heterocycles. The van der Waals surface area contributed by atoms with Gasteiger partial charge in [-0.15, -0.1) is 0 Å². The molecule has 0 heterocycles. The van der Waals surface area contributed by atoms with Crippen molar-refractivity contribution in [1.29, 1.82) is 0 Å². The first-order valence-electron chi connectivity index (χ1n) is 6.48. The zero-order valence-electron chi connectivity index (χ0n) is 12.4. The van der Waals surface area contributed by atoms with E-state index in [1.165, 1.54) is 0 Å². The van der Waals surface area contributed by atoms with Gasteiger partial charge in [-0.25, -0.2) is 17.9 Å². The fraction of sp³-hybridized carbons (Fsp3) is 0.385. The number of carbonyl (C=O) groups excluding carboxylic acids is 2. The van der Waals surface area contributed by atoms with Crippen LogP contribution in [0.2, 0.25) is 10.0 Å². The van der Waals surface area contributed by atoms with Gasteiger partial charge in [-0.3, -0.25) is 4.79 Å². The predicted octanol–water partition coefficient (Wildman–Crippen LogP) is 1.57. The van der Waals surface area contributed by atoms with Crippen LogP contribution in [-0.4, -0.2) is 33.4 Å². The van der Waals surface area contributed by atoms with Crippen molar-refractivity contribution in [2.24, 2.45) is 11.7 Å². The molecule has 3 N–H and O–H groups in total. The molecule has 7 nitrogen and oxygen atoms in total. The minimum atomic E-state index is -3.93. The van der Waals surface area contributed by atoms with Gasteiger partial charge in [-0.1, -0.05) is 37.0 Å². The molecule has 0 fully saturated rings. The van der Waals surface area contributed by atoms with Gasteiger partial charge in [0.1, 0.15) is 4.90 Å². The van der Waals surface area contributed by atoms with Gasteiger partial charge >= 0.3 is 5.97 Å². The van der Waals surface area contributed by atoms with Crippen molar-refractivity contribution in [2.75, 3.05) is 13.2 Å². The number of nitrogens with two attached hydrogens (primary N) is 1. The Balaban J connectivity index is 3.18. The van der Waals surface area contributed by atoms with Crippen LogP contribution in [0.5, 0.6) is 0 Å². The number of nitrogens with one attached hydrogen (secondary N) is 1. The number of rotatable bonds is 7. The molecule has 0 spiro atoms. The van der Waals surface area contributed by atoms with E-state index in [0.29, 0.717) is 0 Å². The fourth-order valence-corrected chi connectivity index (χ4v) is 3.52. The molecule has 0 aromatic heterocycles. The Kier molecular flexibility index (Phi) is 6.82. The normalized spacial score (nSPS) is 11.5. The Labute approximate surface area is 144 Å². The monoisotopic (exact) mass is 382 g/mol. The summed E-state index contributed by atoms with van der Waals surface area (Å²) in [5, 5.41) is -0.245. The van der Waals surface area contributed by atoms with E-state index in [1.54, 1.807) is 0 Å². The summed E-state index contributed by atoms with van der Waals surface area (Å²) in [7, 11) is -3.93. The number of sulfonamides is 1. The lowest BCUT2D eigenvalue weighted by molar-refractivity contribution is -0.121. The molecule has 0 atom stereocenters. The van der Waals surface area contributed by atoms with Crippen molar-refractivity contribution in [3.05, 3.63) is 27.7 Å². The number of carbonyl (C=O) groups is 2. The van der Waals surface area contributed by atoms with Gasteiger partial charge in [0.2, 0.25) is 10.0 Å². The minimum absolute atomic E-state index is 0.0795. The number of ether oxygens (including phenoxy) is 1. The number of amides is 1. The predicted molar refractivity (Wildman–Crippen MR) is 86.0 cm³/mol. The van der Waals surface area contributed by atoms with E-state index in [0.717, 1.165) is 12.1 Å². The Hall–Kier alpha value is -1.35. The van der Waals surface area contributed by atoms with Gasteiger partial charge in [-0.05, 0) is 18.1 Å². The first-order valence-corrected chi connectivity index (χ1v) is 8.72. The second kappa shape index (κ2) is 7.96. The van der Waals surface area contributed by atoms with Crippen LogP contribution in [0.4, 0.5) is 0 Å². The standard InChI is InChI=1S/C13H16Cl2N2O5S/c1-7(2)5-17-23(20,21)11-3-8(9(14)4-10(11)15)13(19)22-6-12(16)18/h3-4,7,17H,5-6H2,1-2H3,(H2,16,18). The molecule has 0 saturated heterocycles. The van der Waals surface area contributed by atoms with Crippen LogP contribution in [0, 0.1) is 5.92 Å². The third-order valence-corrected chi connectivity index (χ3v) is 4.76. The van der Waals surface area contributed by atoms with Crippen LogP contribution in [-0.2, 0) is 19.6 Å². The van der Waals surface area contributed by atoms with E-state index in [1.807, 2.05) is 13.8 Å². The summed E-state index contributed by atoms with van der Waals surface area (Å²) >= 11 is 11.8. The highest BCUT2D eigenvalue weighted by Crippen LogP contribution is 2.29. The quantitative estimate of drug-likeness (QED) is 0.694. The van der Waals surface area contributed by atoms with Crippen LogP contribution in [0.1, 0.15) is 24.2 Å². The summed E-state index contributed by atoms with van der Waals surface area (Å²) in [6, 6.07) is 2.12. The first-order chi connectivity index (χ1) is 10.5. The summed E-state index contributed by atoms with van der Waals surface area (Å²) in [4.78, 5) is 22.2. The second-order valence-corrected chi connectivity index (χ2v) is 7.60. The molecule has 1 aromatic rings. The van der Waals surface area contributed by atoms with E-state index in [4.69, 9.17) is 28.9 Å². The molecular weight excluding hydrogens is 367 g/mol. The molecule has 0 radical (unpaired) electrons. The van der Waals surface area contributed by atoms with E-state index >= 15 is 0 Å². The Morgan fingerprint density at radius 1 is 1.26 bits per heavy atom. The molecule has 0 bridgehead atoms. The summed E-state index contributed by atoms with van der Waals surface area (Å²) in [6.45, 7) is 3.21. The number of hydrogen-bond donors (Lipinski definition) is 2. The van der Waals surface area contributed by atoms with Gasteiger partial charge in [0, 0.05) is 6.54 Å². The maximum absolute atomic E-state index is 12.2.